The van der Waals surface area contributed by atoms with Crippen molar-refractivity contribution in [1.29, 1.82) is 0 Å². The fourth-order valence-corrected chi connectivity index (χ4v) is 5.35. The Hall–Kier alpha value is -3.68. The molecule has 0 aliphatic carbocycles. The van der Waals surface area contributed by atoms with Crippen molar-refractivity contribution in [2.45, 2.75) is 51.0 Å². The molecule has 2 aliphatic heterocycles. The smallest absolute Gasteiger partial charge is 0.255 e. The molecule has 0 unspecified atom stereocenters. The minimum Gasteiger partial charge on any atom is -0.380 e. The number of nitrogens with zero attached hydrogens (tertiary/aromatic N) is 2. The van der Waals surface area contributed by atoms with Crippen LogP contribution in [-0.4, -0.2) is 58.8 Å². The van der Waals surface area contributed by atoms with Crippen molar-refractivity contribution in [3.05, 3.63) is 89.5 Å². The van der Waals surface area contributed by atoms with E-state index in [1.54, 1.807) is 0 Å². The van der Waals surface area contributed by atoms with Gasteiger partial charge >= 0.3 is 0 Å². The Morgan fingerprint density at radius 1 is 0.816 bits per heavy atom. The van der Waals surface area contributed by atoms with Crippen LogP contribution in [0.15, 0.2) is 72.8 Å². The van der Waals surface area contributed by atoms with Crippen molar-refractivity contribution in [1.82, 2.24) is 10.2 Å². The van der Waals surface area contributed by atoms with Crippen LogP contribution < -0.4 is 10.2 Å². The lowest BCUT2D eigenvalue weighted by Gasteiger charge is -2.31. The maximum atomic E-state index is 12.8. The molecule has 1 fully saturated rings. The van der Waals surface area contributed by atoms with Gasteiger partial charge in [0, 0.05) is 31.9 Å². The monoisotopic (exact) mass is 513 g/mol. The number of carbonyl (C=O) groups is 2. The minimum absolute atomic E-state index is 0.351. The van der Waals surface area contributed by atoms with Gasteiger partial charge in [-0.15, -0.1) is 0 Å². The molecule has 7 nitrogen and oxygen atoms in total. The first-order valence-corrected chi connectivity index (χ1v) is 13.4. The number of rotatable bonds is 7. The van der Waals surface area contributed by atoms with Gasteiger partial charge in [-0.3, -0.25) is 9.59 Å². The molecule has 2 aliphatic rings. The Labute approximate surface area is 223 Å². The summed E-state index contributed by atoms with van der Waals surface area (Å²) < 4.78 is 0. The standard InChI is InChI=1S/C31H35N3O4/c1-21(22-11-13-24(14-12-22)25-9-6-10-27(19-25)33-16-4-5-17-33)32-30(37)28(35)29(36)31(38)34-18-15-23-7-2-3-8-26(23)20-34/h2-3,6-14,19,21,28-29,35-36H,4-5,15-18,20H2,1H3,(H,32,37)/t21-,28+,29+/m0/s1. The number of amides is 2. The molecule has 0 spiro atoms. The fraction of sp³-hybridized carbons (Fsp3) is 0.355. The third kappa shape index (κ3) is 5.59. The zero-order valence-electron chi connectivity index (χ0n) is 21.7. The van der Waals surface area contributed by atoms with E-state index in [-0.39, 0.29) is 0 Å². The van der Waals surface area contributed by atoms with E-state index in [1.165, 1.54) is 29.0 Å². The minimum atomic E-state index is -1.85. The second-order valence-corrected chi connectivity index (χ2v) is 10.3. The number of aliphatic hydroxyl groups is 2. The summed E-state index contributed by atoms with van der Waals surface area (Å²) in [5.41, 5.74) is 6.49. The van der Waals surface area contributed by atoms with Gasteiger partial charge in [0.25, 0.3) is 11.8 Å². The first kappa shape index (κ1) is 25.9. The van der Waals surface area contributed by atoms with Crippen molar-refractivity contribution >= 4 is 17.5 Å². The Kier molecular flexibility index (Phi) is 7.77. The first-order chi connectivity index (χ1) is 18.4. The number of anilines is 1. The van der Waals surface area contributed by atoms with Crippen LogP contribution in [0.4, 0.5) is 5.69 Å². The molecule has 0 saturated carbocycles. The first-order valence-electron chi connectivity index (χ1n) is 13.4. The summed E-state index contributed by atoms with van der Waals surface area (Å²) in [7, 11) is 0. The van der Waals surface area contributed by atoms with Crippen LogP contribution in [0.2, 0.25) is 0 Å². The summed E-state index contributed by atoms with van der Waals surface area (Å²) in [5, 5.41) is 23.7. The average Bonchev–Trinajstić information content (AvgIpc) is 3.51. The molecule has 198 valence electrons. The van der Waals surface area contributed by atoms with Gasteiger partial charge in [0.15, 0.2) is 12.2 Å². The lowest BCUT2D eigenvalue weighted by molar-refractivity contribution is -0.154. The number of fused-ring (bicyclic) bond motifs is 1. The summed E-state index contributed by atoms with van der Waals surface area (Å²) in [4.78, 5) is 29.4. The van der Waals surface area contributed by atoms with Crippen LogP contribution in [0.25, 0.3) is 11.1 Å². The van der Waals surface area contributed by atoms with E-state index in [2.05, 4.69) is 34.5 Å². The zero-order valence-corrected chi connectivity index (χ0v) is 21.7. The van der Waals surface area contributed by atoms with E-state index in [4.69, 9.17) is 0 Å². The predicted molar refractivity (Wildman–Crippen MR) is 147 cm³/mol. The zero-order chi connectivity index (χ0) is 26.6. The highest BCUT2D eigenvalue weighted by atomic mass is 16.3. The maximum absolute atomic E-state index is 12.8. The van der Waals surface area contributed by atoms with Crippen LogP contribution in [0, 0.1) is 0 Å². The predicted octanol–water partition coefficient (Wildman–Crippen LogP) is 3.44. The number of aliphatic hydroxyl groups excluding tert-OH is 2. The Morgan fingerprint density at radius 2 is 1.53 bits per heavy atom. The third-order valence-corrected chi connectivity index (χ3v) is 7.68. The SMILES string of the molecule is C[C@H](NC(=O)[C@H](O)[C@@H](O)C(=O)N1CCc2ccccc2C1)c1ccc(-c2cccc(N3CCCC3)c2)cc1. The summed E-state index contributed by atoms with van der Waals surface area (Å²) in [6.07, 6.45) is -0.538. The molecule has 2 heterocycles. The molecule has 3 aromatic carbocycles. The van der Waals surface area contributed by atoms with Crippen LogP contribution in [0.3, 0.4) is 0 Å². The molecule has 0 aromatic heterocycles. The van der Waals surface area contributed by atoms with E-state index in [1.807, 2.05) is 55.5 Å². The molecule has 0 bridgehead atoms. The van der Waals surface area contributed by atoms with Crippen molar-refractivity contribution < 1.29 is 19.8 Å². The van der Waals surface area contributed by atoms with E-state index < -0.39 is 30.1 Å². The molecule has 0 radical (unpaired) electrons. The summed E-state index contributed by atoms with van der Waals surface area (Å²) in [6, 6.07) is 23.9. The molecular weight excluding hydrogens is 478 g/mol. The number of nitrogens with one attached hydrogen (secondary N) is 1. The van der Waals surface area contributed by atoms with Crippen molar-refractivity contribution in [2.75, 3.05) is 24.5 Å². The van der Waals surface area contributed by atoms with Crippen molar-refractivity contribution in [3.63, 3.8) is 0 Å². The number of hydrogen-bond acceptors (Lipinski definition) is 5. The molecule has 3 N–H and O–H groups in total. The molecule has 3 atom stereocenters. The van der Waals surface area contributed by atoms with E-state index in [0.717, 1.165) is 35.3 Å². The van der Waals surface area contributed by atoms with E-state index in [0.29, 0.717) is 19.5 Å². The van der Waals surface area contributed by atoms with E-state index in [9.17, 15) is 19.8 Å². The molecule has 38 heavy (non-hydrogen) atoms. The Balaban J connectivity index is 1.18. The quantitative estimate of drug-likeness (QED) is 0.450. The van der Waals surface area contributed by atoms with Crippen LogP contribution in [0.1, 0.15) is 42.5 Å². The normalized spacial score (nSPS) is 17.4. The summed E-state index contributed by atoms with van der Waals surface area (Å²) in [5.74, 6) is -1.42. The van der Waals surface area contributed by atoms with Gasteiger partial charge in [0.2, 0.25) is 0 Å². The van der Waals surface area contributed by atoms with E-state index >= 15 is 0 Å². The highest BCUT2D eigenvalue weighted by Gasteiger charge is 2.35. The second kappa shape index (κ2) is 11.4. The number of benzene rings is 3. The molecule has 1 saturated heterocycles. The number of carbonyl (C=O) groups excluding carboxylic acids is 2. The van der Waals surface area contributed by atoms with Gasteiger partial charge in [-0.05, 0) is 66.1 Å². The lowest BCUT2D eigenvalue weighted by atomic mass is 9.99. The summed E-state index contributed by atoms with van der Waals surface area (Å²) in [6.45, 7) is 4.79. The van der Waals surface area contributed by atoms with Crippen LogP contribution in [0.5, 0.6) is 0 Å². The third-order valence-electron chi connectivity index (χ3n) is 7.68. The highest BCUT2D eigenvalue weighted by Crippen LogP contribution is 2.28. The largest absolute Gasteiger partial charge is 0.380 e. The maximum Gasteiger partial charge on any atom is 0.255 e. The molecule has 2 amide bonds. The molecule has 3 aromatic rings. The van der Waals surface area contributed by atoms with Crippen molar-refractivity contribution in [2.24, 2.45) is 0 Å². The lowest BCUT2D eigenvalue weighted by Crippen LogP contribution is -2.51. The van der Waals surface area contributed by atoms with Gasteiger partial charge in [0.1, 0.15) is 0 Å². The topological polar surface area (TPSA) is 93.1 Å². The Bertz CT molecular complexity index is 1290. The van der Waals surface area contributed by atoms with Crippen LogP contribution >= 0.6 is 0 Å². The van der Waals surface area contributed by atoms with Gasteiger partial charge in [0.05, 0.1) is 6.04 Å². The van der Waals surface area contributed by atoms with Gasteiger partial charge < -0.3 is 25.3 Å². The molecule has 5 rings (SSSR count). The van der Waals surface area contributed by atoms with Gasteiger partial charge in [-0.25, -0.2) is 0 Å². The molecule has 7 heteroatoms. The van der Waals surface area contributed by atoms with Crippen LogP contribution in [-0.2, 0) is 22.6 Å². The number of hydrogen-bond donors (Lipinski definition) is 3. The highest BCUT2D eigenvalue weighted by molar-refractivity contribution is 5.91. The van der Waals surface area contributed by atoms with Gasteiger partial charge in [-0.2, -0.15) is 0 Å². The molecular formula is C31H35N3O4. The fourth-order valence-electron chi connectivity index (χ4n) is 5.35. The van der Waals surface area contributed by atoms with Gasteiger partial charge in [-0.1, -0.05) is 60.7 Å². The Morgan fingerprint density at radius 3 is 2.26 bits per heavy atom. The van der Waals surface area contributed by atoms with Crippen molar-refractivity contribution in [3.8, 4) is 11.1 Å². The average molecular weight is 514 g/mol. The second-order valence-electron chi connectivity index (χ2n) is 10.3. The summed E-state index contributed by atoms with van der Waals surface area (Å²) >= 11 is 0.